The molecule has 1 amide bonds. The highest BCUT2D eigenvalue weighted by molar-refractivity contribution is 5.75. The molecule has 2 nitrogen and oxygen atoms in total. The van der Waals surface area contributed by atoms with Gasteiger partial charge in [0.2, 0.25) is 5.91 Å². The highest BCUT2D eigenvalue weighted by Crippen LogP contribution is 1.87. The first kappa shape index (κ1) is 8.21. The standard InChI is InChI=1S/C7H13NO/c1-4-6-8(3)7(9)5-2/h4H,1,5-6H2,2-3H3. The second-order valence-corrected chi connectivity index (χ2v) is 1.92. The van der Waals surface area contributed by atoms with Crippen LogP contribution in [0.3, 0.4) is 0 Å². The topological polar surface area (TPSA) is 20.3 Å². The Bertz CT molecular complexity index is 109. The largest absolute Gasteiger partial charge is 0.342 e. The van der Waals surface area contributed by atoms with Crippen LogP contribution >= 0.6 is 0 Å². The number of rotatable bonds is 3. The molecule has 0 spiro atoms. The van der Waals surface area contributed by atoms with Gasteiger partial charge < -0.3 is 4.90 Å². The van der Waals surface area contributed by atoms with Crippen LogP contribution in [-0.4, -0.2) is 24.4 Å². The quantitative estimate of drug-likeness (QED) is 0.519. The number of amides is 1. The van der Waals surface area contributed by atoms with E-state index in [1.807, 2.05) is 6.92 Å². The minimum atomic E-state index is 0.162. The summed E-state index contributed by atoms with van der Waals surface area (Å²) in [5, 5.41) is 0. The van der Waals surface area contributed by atoms with Crippen LogP contribution in [0.25, 0.3) is 0 Å². The Morgan fingerprint density at radius 3 is 2.67 bits per heavy atom. The van der Waals surface area contributed by atoms with Crippen molar-refractivity contribution >= 4 is 5.91 Å². The first-order valence-corrected chi connectivity index (χ1v) is 3.07. The van der Waals surface area contributed by atoms with E-state index < -0.39 is 0 Å². The lowest BCUT2D eigenvalue weighted by Gasteiger charge is -2.12. The van der Waals surface area contributed by atoms with Gasteiger partial charge in [-0.05, 0) is 0 Å². The first-order valence-electron chi connectivity index (χ1n) is 3.07. The van der Waals surface area contributed by atoms with E-state index in [1.165, 1.54) is 0 Å². The molecule has 0 aliphatic carbocycles. The number of likely N-dealkylation sites (N-methyl/N-ethyl adjacent to an activating group) is 1. The zero-order valence-corrected chi connectivity index (χ0v) is 6.05. The molecule has 0 fully saturated rings. The fourth-order valence-electron chi connectivity index (χ4n) is 0.565. The fraction of sp³-hybridized carbons (Fsp3) is 0.571. The van der Waals surface area contributed by atoms with E-state index in [-0.39, 0.29) is 5.91 Å². The molecule has 0 saturated carbocycles. The van der Waals surface area contributed by atoms with Crippen molar-refractivity contribution < 1.29 is 4.79 Å². The lowest BCUT2D eigenvalue weighted by Crippen LogP contribution is -2.25. The predicted octanol–water partition coefficient (Wildman–Crippen LogP) is 1.04. The highest BCUT2D eigenvalue weighted by Gasteiger charge is 2.00. The molecular formula is C7H13NO. The number of nitrogens with zero attached hydrogens (tertiary/aromatic N) is 1. The van der Waals surface area contributed by atoms with Gasteiger partial charge in [-0.2, -0.15) is 0 Å². The van der Waals surface area contributed by atoms with Crippen LogP contribution in [0, 0.1) is 0 Å². The summed E-state index contributed by atoms with van der Waals surface area (Å²) in [4.78, 5) is 12.4. The van der Waals surface area contributed by atoms with E-state index in [1.54, 1.807) is 18.0 Å². The Kier molecular flexibility index (Phi) is 3.76. The summed E-state index contributed by atoms with van der Waals surface area (Å²) in [6, 6.07) is 0. The molecule has 2 heteroatoms. The summed E-state index contributed by atoms with van der Waals surface area (Å²) < 4.78 is 0. The summed E-state index contributed by atoms with van der Waals surface area (Å²) in [5.74, 6) is 0.162. The zero-order chi connectivity index (χ0) is 7.28. The molecule has 0 aromatic rings. The van der Waals surface area contributed by atoms with E-state index in [4.69, 9.17) is 0 Å². The minimum absolute atomic E-state index is 0.162. The highest BCUT2D eigenvalue weighted by atomic mass is 16.2. The summed E-state index contributed by atoms with van der Waals surface area (Å²) in [5.41, 5.74) is 0. The van der Waals surface area contributed by atoms with E-state index in [0.29, 0.717) is 13.0 Å². The molecule has 0 atom stereocenters. The van der Waals surface area contributed by atoms with Crippen LogP contribution in [0.1, 0.15) is 13.3 Å². The molecule has 0 aromatic heterocycles. The van der Waals surface area contributed by atoms with E-state index in [0.717, 1.165) is 0 Å². The van der Waals surface area contributed by atoms with Gasteiger partial charge in [-0.1, -0.05) is 13.0 Å². The molecule has 52 valence electrons. The summed E-state index contributed by atoms with van der Waals surface area (Å²) in [6.45, 7) is 6.02. The van der Waals surface area contributed by atoms with Crippen molar-refractivity contribution in [3.8, 4) is 0 Å². The maximum Gasteiger partial charge on any atom is 0.222 e. The van der Waals surface area contributed by atoms with Crippen molar-refractivity contribution in [2.75, 3.05) is 13.6 Å². The van der Waals surface area contributed by atoms with Crippen LogP contribution in [0.15, 0.2) is 12.7 Å². The molecule has 0 aliphatic rings. The third kappa shape index (κ3) is 2.90. The Labute approximate surface area is 56.2 Å². The van der Waals surface area contributed by atoms with Crippen LogP contribution in [-0.2, 0) is 4.79 Å². The molecular weight excluding hydrogens is 114 g/mol. The zero-order valence-electron chi connectivity index (χ0n) is 6.05. The van der Waals surface area contributed by atoms with Crippen LogP contribution < -0.4 is 0 Å². The number of hydrogen-bond acceptors (Lipinski definition) is 1. The van der Waals surface area contributed by atoms with Gasteiger partial charge in [0.15, 0.2) is 0 Å². The number of carbonyl (C=O) groups excluding carboxylic acids is 1. The maximum absolute atomic E-state index is 10.8. The Hall–Kier alpha value is -0.790. The van der Waals surface area contributed by atoms with Gasteiger partial charge in [0.25, 0.3) is 0 Å². The molecule has 0 rings (SSSR count). The van der Waals surface area contributed by atoms with Crippen LogP contribution in [0.4, 0.5) is 0 Å². The molecule has 0 heterocycles. The van der Waals surface area contributed by atoms with Gasteiger partial charge in [-0.25, -0.2) is 0 Å². The lowest BCUT2D eigenvalue weighted by atomic mass is 10.4. The second-order valence-electron chi connectivity index (χ2n) is 1.92. The third-order valence-electron chi connectivity index (χ3n) is 1.13. The SMILES string of the molecule is C=CCN(C)C(=O)CC. The maximum atomic E-state index is 10.8. The van der Waals surface area contributed by atoms with Gasteiger partial charge in [-0.15, -0.1) is 6.58 Å². The van der Waals surface area contributed by atoms with Crippen molar-refractivity contribution in [3.63, 3.8) is 0 Å². The van der Waals surface area contributed by atoms with Crippen molar-refractivity contribution in [1.29, 1.82) is 0 Å². The Balaban J connectivity index is 3.58. The van der Waals surface area contributed by atoms with Crippen molar-refractivity contribution in [1.82, 2.24) is 4.90 Å². The average Bonchev–Trinajstić information content (AvgIpc) is 1.87. The summed E-state index contributed by atoms with van der Waals surface area (Å²) in [7, 11) is 1.77. The Morgan fingerprint density at radius 2 is 2.33 bits per heavy atom. The van der Waals surface area contributed by atoms with Gasteiger partial charge in [-0.3, -0.25) is 4.79 Å². The van der Waals surface area contributed by atoms with Gasteiger partial charge in [0.05, 0.1) is 0 Å². The smallest absolute Gasteiger partial charge is 0.222 e. The molecule has 0 N–H and O–H groups in total. The third-order valence-corrected chi connectivity index (χ3v) is 1.13. The van der Waals surface area contributed by atoms with Gasteiger partial charge in [0, 0.05) is 20.0 Å². The molecule has 9 heavy (non-hydrogen) atoms. The molecule has 0 saturated heterocycles. The molecule has 0 bridgehead atoms. The predicted molar refractivity (Wildman–Crippen MR) is 38.1 cm³/mol. The van der Waals surface area contributed by atoms with E-state index in [2.05, 4.69) is 6.58 Å². The number of hydrogen-bond donors (Lipinski definition) is 0. The molecule has 0 aromatic carbocycles. The van der Waals surface area contributed by atoms with Crippen molar-refractivity contribution in [2.24, 2.45) is 0 Å². The lowest BCUT2D eigenvalue weighted by molar-refractivity contribution is -0.129. The molecule has 0 radical (unpaired) electrons. The first-order chi connectivity index (χ1) is 4.22. The van der Waals surface area contributed by atoms with Gasteiger partial charge in [0.1, 0.15) is 0 Å². The van der Waals surface area contributed by atoms with Gasteiger partial charge >= 0.3 is 0 Å². The monoisotopic (exact) mass is 127 g/mol. The van der Waals surface area contributed by atoms with Crippen molar-refractivity contribution in [2.45, 2.75) is 13.3 Å². The van der Waals surface area contributed by atoms with Crippen LogP contribution in [0.2, 0.25) is 0 Å². The normalized spacial score (nSPS) is 8.67. The van der Waals surface area contributed by atoms with Crippen LogP contribution in [0.5, 0.6) is 0 Å². The molecule has 0 aliphatic heterocycles. The van der Waals surface area contributed by atoms with Crippen molar-refractivity contribution in [3.05, 3.63) is 12.7 Å². The van der Waals surface area contributed by atoms with E-state index in [9.17, 15) is 4.79 Å². The van der Waals surface area contributed by atoms with E-state index >= 15 is 0 Å². The summed E-state index contributed by atoms with van der Waals surface area (Å²) in [6.07, 6.45) is 2.29. The molecule has 0 unspecified atom stereocenters. The average molecular weight is 127 g/mol. The Morgan fingerprint density at radius 1 is 1.78 bits per heavy atom. The summed E-state index contributed by atoms with van der Waals surface area (Å²) >= 11 is 0. The second kappa shape index (κ2) is 4.13. The minimum Gasteiger partial charge on any atom is -0.342 e. The number of carbonyl (C=O) groups is 1. The fourth-order valence-corrected chi connectivity index (χ4v) is 0.565.